The third kappa shape index (κ3) is 3.87. The first-order chi connectivity index (χ1) is 13.7. The number of hydrogen-bond acceptors (Lipinski definition) is 5. The Morgan fingerprint density at radius 3 is 2.61 bits per heavy atom. The molecule has 0 fully saturated rings. The van der Waals surface area contributed by atoms with Crippen molar-refractivity contribution in [2.45, 2.75) is 6.42 Å². The number of nitrogens with zero attached hydrogens (tertiary/aromatic N) is 3. The highest BCUT2D eigenvalue weighted by Crippen LogP contribution is 2.34. The lowest BCUT2D eigenvalue weighted by atomic mass is 10.1. The van der Waals surface area contributed by atoms with Crippen molar-refractivity contribution in [1.29, 1.82) is 0 Å². The van der Waals surface area contributed by atoms with Gasteiger partial charge in [-0.1, -0.05) is 36.4 Å². The molecule has 3 heterocycles. The molecule has 6 heteroatoms. The zero-order chi connectivity index (χ0) is 19.3. The van der Waals surface area contributed by atoms with Gasteiger partial charge in [0, 0.05) is 37.5 Å². The van der Waals surface area contributed by atoms with E-state index in [-0.39, 0.29) is 5.91 Å². The van der Waals surface area contributed by atoms with Crippen molar-refractivity contribution in [3.8, 4) is 22.0 Å². The molecule has 28 heavy (non-hydrogen) atoms. The number of furan rings is 1. The van der Waals surface area contributed by atoms with E-state index in [2.05, 4.69) is 4.98 Å². The maximum absolute atomic E-state index is 13.2. The summed E-state index contributed by atoms with van der Waals surface area (Å²) in [6.07, 6.45) is 4.08. The van der Waals surface area contributed by atoms with E-state index in [9.17, 15) is 4.79 Å². The Kier molecular flexibility index (Phi) is 5.30. The molecule has 4 rings (SSSR count). The summed E-state index contributed by atoms with van der Waals surface area (Å²) in [7, 11) is 1.81. The second-order valence-electron chi connectivity index (χ2n) is 6.34. The lowest BCUT2D eigenvalue weighted by Gasteiger charge is -2.16. The molecule has 4 aromatic rings. The predicted molar refractivity (Wildman–Crippen MR) is 110 cm³/mol. The molecule has 0 unspecified atom stereocenters. The number of carbonyl (C=O) groups is 1. The van der Waals surface area contributed by atoms with E-state index in [1.807, 2.05) is 67.7 Å². The second kappa shape index (κ2) is 8.19. The Hall–Kier alpha value is -3.25. The summed E-state index contributed by atoms with van der Waals surface area (Å²) in [6, 6.07) is 19.2. The van der Waals surface area contributed by atoms with Crippen molar-refractivity contribution in [2.24, 2.45) is 0 Å². The van der Waals surface area contributed by atoms with Gasteiger partial charge in [0.15, 0.2) is 10.8 Å². The predicted octanol–water partition coefficient (Wildman–Crippen LogP) is 4.78. The molecular formula is C22H19N3O2S. The molecule has 0 bridgehead atoms. The summed E-state index contributed by atoms with van der Waals surface area (Å²) < 4.78 is 5.48. The van der Waals surface area contributed by atoms with E-state index < -0.39 is 0 Å². The van der Waals surface area contributed by atoms with Crippen molar-refractivity contribution >= 4 is 17.2 Å². The highest BCUT2D eigenvalue weighted by atomic mass is 32.1. The fourth-order valence-corrected chi connectivity index (χ4v) is 3.92. The maximum atomic E-state index is 13.2. The fourth-order valence-electron chi connectivity index (χ4n) is 2.87. The van der Waals surface area contributed by atoms with Gasteiger partial charge in [-0.2, -0.15) is 0 Å². The number of carbonyl (C=O) groups excluding carboxylic acids is 1. The summed E-state index contributed by atoms with van der Waals surface area (Å²) in [5.74, 6) is 0.613. The molecule has 5 nitrogen and oxygen atoms in total. The van der Waals surface area contributed by atoms with E-state index in [1.54, 1.807) is 17.4 Å². The summed E-state index contributed by atoms with van der Waals surface area (Å²) in [5, 5.41) is 0.699. The molecule has 0 saturated carbocycles. The number of likely N-dealkylation sites (N-methyl/N-ethyl adjacent to an activating group) is 1. The van der Waals surface area contributed by atoms with Crippen LogP contribution >= 0.6 is 11.3 Å². The average molecular weight is 389 g/mol. The monoisotopic (exact) mass is 389 g/mol. The zero-order valence-corrected chi connectivity index (χ0v) is 16.2. The van der Waals surface area contributed by atoms with E-state index in [1.165, 1.54) is 11.3 Å². The number of benzene rings is 1. The Morgan fingerprint density at radius 2 is 1.89 bits per heavy atom. The van der Waals surface area contributed by atoms with E-state index >= 15 is 0 Å². The van der Waals surface area contributed by atoms with Crippen LogP contribution in [0.25, 0.3) is 22.0 Å². The van der Waals surface area contributed by atoms with Crippen LogP contribution in [0, 0.1) is 0 Å². The normalized spacial score (nSPS) is 10.8. The van der Waals surface area contributed by atoms with Crippen LogP contribution in [0.2, 0.25) is 0 Å². The molecule has 0 aliphatic rings. The Morgan fingerprint density at radius 1 is 1.07 bits per heavy atom. The minimum absolute atomic E-state index is 0.0508. The van der Waals surface area contributed by atoms with E-state index in [0.717, 1.165) is 11.3 Å². The van der Waals surface area contributed by atoms with Gasteiger partial charge >= 0.3 is 0 Å². The highest BCUT2D eigenvalue weighted by molar-refractivity contribution is 7.17. The smallest absolute Gasteiger partial charge is 0.266 e. The van der Waals surface area contributed by atoms with Gasteiger partial charge in [0.25, 0.3) is 5.91 Å². The van der Waals surface area contributed by atoms with E-state index in [4.69, 9.17) is 9.40 Å². The highest BCUT2D eigenvalue weighted by Gasteiger charge is 2.23. The zero-order valence-electron chi connectivity index (χ0n) is 15.4. The van der Waals surface area contributed by atoms with Crippen molar-refractivity contribution in [3.05, 3.63) is 83.7 Å². The van der Waals surface area contributed by atoms with Crippen LogP contribution in [-0.2, 0) is 6.42 Å². The van der Waals surface area contributed by atoms with Gasteiger partial charge < -0.3 is 9.32 Å². The lowest BCUT2D eigenvalue weighted by molar-refractivity contribution is 0.0801. The Bertz CT molecular complexity index is 1040. The molecule has 1 amide bonds. The van der Waals surface area contributed by atoms with Gasteiger partial charge in [0.1, 0.15) is 4.88 Å². The standard InChI is InChI=1S/C22H19N3O2S/c1-25(14-12-17-10-5-6-13-23-17)22(26)20-19(16-8-3-2-4-9-16)24-21(28-20)18-11-7-15-27-18/h2-11,13,15H,12,14H2,1H3. The summed E-state index contributed by atoms with van der Waals surface area (Å²) in [4.78, 5) is 24.6. The number of aromatic nitrogens is 2. The second-order valence-corrected chi connectivity index (χ2v) is 7.34. The average Bonchev–Trinajstić information content (AvgIpc) is 3.43. The number of hydrogen-bond donors (Lipinski definition) is 0. The number of thiazole rings is 1. The molecule has 3 aromatic heterocycles. The molecule has 0 radical (unpaired) electrons. The summed E-state index contributed by atoms with van der Waals surface area (Å²) >= 11 is 1.36. The summed E-state index contributed by atoms with van der Waals surface area (Å²) in [6.45, 7) is 0.581. The largest absolute Gasteiger partial charge is 0.462 e. The number of pyridine rings is 1. The molecule has 1 aromatic carbocycles. The van der Waals surface area contributed by atoms with Gasteiger partial charge in [-0.05, 0) is 24.3 Å². The van der Waals surface area contributed by atoms with Crippen molar-refractivity contribution in [2.75, 3.05) is 13.6 Å². The molecule has 140 valence electrons. The van der Waals surface area contributed by atoms with Crippen LogP contribution in [0.5, 0.6) is 0 Å². The third-order valence-corrected chi connectivity index (χ3v) is 5.43. The third-order valence-electron chi connectivity index (χ3n) is 4.38. The van der Waals surface area contributed by atoms with Crippen LogP contribution in [0.1, 0.15) is 15.4 Å². The SMILES string of the molecule is CN(CCc1ccccn1)C(=O)c1sc(-c2ccco2)nc1-c1ccccc1. The van der Waals surface area contributed by atoms with Gasteiger partial charge in [-0.25, -0.2) is 4.98 Å². The first-order valence-corrected chi connectivity index (χ1v) is 9.79. The van der Waals surface area contributed by atoms with Crippen LogP contribution in [0.4, 0.5) is 0 Å². The van der Waals surface area contributed by atoms with Crippen LogP contribution in [-0.4, -0.2) is 34.4 Å². The fraction of sp³-hybridized carbons (Fsp3) is 0.136. The molecule has 0 spiro atoms. The van der Waals surface area contributed by atoms with Crippen LogP contribution < -0.4 is 0 Å². The quantitative estimate of drug-likeness (QED) is 0.476. The number of rotatable bonds is 6. The van der Waals surface area contributed by atoms with Gasteiger partial charge in [-0.15, -0.1) is 11.3 Å². The van der Waals surface area contributed by atoms with Crippen molar-refractivity contribution in [3.63, 3.8) is 0 Å². The minimum Gasteiger partial charge on any atom is -0.462 e. The van der Waals surface area contributed by atoms with Crippen molar-refractivity contribution < 1.29 is 9.21 Å². The molecule has 0 saturated heterocycles. The molecule has 0 atom stereocenters. The minimum atomic E-state index is -0.0508. The topological polar surface area (TPSA) is 59.2 Å². The van der Waals surface area contributed by atoms with Crippen LogP contribution in [0.3, 0.4) is 0 Å². The van der Waals surface area contributed by atoms with E-state index in [0.29, 0.717) is 34.3 Å². The first-order valence-electron chi connectivity index (χ1n) is 8.98. The van der Waals surface area contributed by atoms with Crippen molar-refractivity contribution in [1.82, 2.24) is 14.9 Å². The van der Waals surface area contributed by atoms with Gasteiger partial charge in [0.05, 0.1) is 12.0 Å². The van der Waals surface area contributed by atoms with Gasteiger partial charge in [-0.3, -0.25) is 9.78 Å². The molecule has 0 N–H and O–H groups in total. The Labute approximate surface area is 167 Å². The van der Waals surface area contributed by atoms with Crippen LogP contribution in [0.15, 0.2) is 77.5 Å². The lowest BCUT2D eigenvalue weighted by Crippen LogP contribution is -2.28. The number of amides is 1. The Balaban J connectivity index is 1.62. The summed E-state index contributed by atoms with van der Waals surface area (Å²) in [5.41, 5.74) is 2.57. The molecule has 0 aliphatic heterocycles. The maximum Gasteiger partial charge on any atom is 0.266 e. The molecule has 0 aliphatic carbocycles. The molecular weight excluding hydrogens is 370 g/mol. The van der Waals surface area contributed by atoms with Gasteiger partial charge in [0.2, 0.25) is 0 Å². The first kappa shape index (κ1) is 18.1.